The summed E-state index contributed by atoms with van der Waals surface area (Å²) >= 11 is 4.99. The summed E-state index contributed by atoms with van der Waals surface area (Å²) in [6.45, 7) is 0. The van der Waals surface area contributed by atoms with Gasteiger partial charge < -0.3 is 9.84 Å². The van der Waals surface area contributed by atoms with Gasteiger partial charge in [0, 0.05) is 15.8 Å². The number of hydrogen-bond acceptors (Lipinski definition) is 4. The van der Waals surface area contributed by atoms with Crippen LogP contribution in [-0.4, -0.2) is 30.0 Å². The molecule has 0 aromatic heterocycles. The first-order chi connectivity index (χ1) is 8.11. The van der Waals surface area contributed by atoms with Gasteiger partial charge in [0.25, 0.3) is 0 Å². The van der Waals surface area contributed by atoms with E-state index in [9.17, 15) is 4.79 Å². The molecule has 0 amide bonds. The molecule has 2 atom stereocenters. The lowest BCUT2D eigenvalue weighted by Gasteiger charge is -2.15. The summed E-state index contributed by atoms with van der Waals surface area (Å²) in [4.78, 5) is 10.9. The van der Waals surface area contributed by atoms with Crippen LogP contribution in [0.3, 0.4) is 0 Å². The van der Waals surface area contributed by atoms with Crippen LogP contribution in [0.25, 0.3) is 0 Å². The molecule has 0 saturated carbocycles. The van der Waals surface area contributed by atoms with Crippen molar-refractivity contribution >= 4 is 33.7 Å². The normalized spacial score (nSPS) is 23.6. The van der Waals surface area contributed by atoms with Gasteiger partial charge in [0.2, 0.25) is 0 Å². The molecule has 1 aliphatic heterocycles. The Morgan fingerprint density at radius 1 is 1.65 bits per heavy atom. The average molecular weight is 318 g/mol. The van der Waals surface area contributed by atoms with Crippen LogP contribution in [0.1, 0.15) is 10.9 Å². The number of aliphatic carboxylic acids is 1. The van der Waals surface area contributed by atoms with Gasteiger partial charge in [-0.3, -0.25) is 10.1 Å². The molecule has 92 valence electrons. The lowest BCUT2D eigenvalue weighted by molar-refractivity contribution is -0.138. The molecular formula is C11H12BrNO3S. The third kappa shape index (κ3) is 2.75. The minimum atomic E-state index is -0.811. The van der Waals surface area contributed by atoms with Gasteiger partial charge in [-0.05, 0) is 18.2 Å². The molecule has 0 spiro atoms. The van der Waals surface area contributed by atoms with Crippen LogP contribution in [0.2, 0.25) is 0 Å². The summed E-state index contributed by atoms with van der Waals surface area (Å²) in [5.74, 6) is 0.522. The summed E-state index contributed by atoms with van der Waals surface area (Å²) in [7, 11) is 1.61. The van der Waals surface area contributed by atoms with E-state index in [-0.39, 0.29) is 5.37 Å². The highest BCUT2D eigenvalue weighted by atomic mass is 79.9. The highest BCUT2D eigenvalue weighted by Gasteiger charge is 2.31. The number of rotatable bonds is 3. The van der Waals surface area contributed by atoms with E-state index < -0.39 is 12.0 Å². The fourth-order valence-corrected chi connectivity index (χ4v) is 3.33. The Morgan fingerprint density at radius 2 is 2.41 bits per heavy atom. The summed E-state index contributed by atoms with van der Waals surface area (Å²) in [5, 5.41) is 12.0. The maximum Gasteiger partial charge on any atom is 0.321 e. The van der Waals surface area contributed by atoms with Crippen molar-refractivity contribution in [3.05, 3.63) is 28.2 Å². The lowest BCUT2D eigenvalue weighted by Crippen LogP contribution is -2.33. The molecule has 1 fully saturated rings. The van der Waals surface area contributed by atoms with Crippen molar-refractivity contribution in [1.29, 1.82) is 0 Å². The first-order valence-electron chi connectivity index (χ1n) is 5.05. The number of nitrogens with one attached hydrogen (secondary N) is 1. The van der Waals surface area contributed by atoms with Crippen LogP contribution in [0, 0.1) is 0 Å². The van der Waals surface area contributed by atoms with Crippen molar-refractivity contribution in [2.24, 2.45) is 0 Å². The van der Waals surface area contributed by atoms with Crippen LogP contribution < -0.4 is 10.1 Å². The number of carbonyl (C=O) groups is 1. The molecule has 17 heavy (non-hydrogen) atoms. The SMILES string of the molecule is COc1ccc(Br)cc1C1N[C@@H](C(=O)O)CS1. The predicted molar refractivity (Wildman–Crippen MR) is 70.5 cm³/mol. The number of halogens is 1. The molecule has 1 aromatic carbocycles. The molecule has 0 aliphatic carbocycles. The van der Waals surface area contributed by atoms with Crippen LogP contribution in [0.5, 0.6) is 5.75 Å². The number of carboxylic acid groups (broad SMARTS) is 1. The highest BCUT2D eigenvalue weighted by Crippen LogP contribution is 2.38. The van der Waals surface area contributed by atoms with Crippen LogP contribution >= 0.6 is 27.7 Å². The number of methoxy groups -OCH3 is 1. The summed E-state index contributed by atoms with van der Waals surface area (Å²) in [6, 6.07) is 5.23. The Balaban J connectivity index is 2.23. The van der Waals surface area contributed by atoms with Gasteiger partial charge in [-0.2, -0.15) is 0 Å². The Kier molecular flexibility index (Phi) is 3.96. The zero-order chi connectivity index (χ0) is 12.4. The van der Waals surface area contributed by atoms with Crippen molar-refractivity contribution in [2.45, 2.75) is 11.4 Å². The number of carboxylic acids is 1. The number of thioether (sulfide) groups is 1. The molecule has 6 heteroatoms. The summed E-state index contributed by atoms with van der Waals surface area (Å²) in [6.07, 6.45) is 0. The third-order valence-corrected chi connectivity index (χ3v) is 4.30. The van der Waals surface area contributed by atoms with Crippen LogP contribution in [0.4, 0.5) is 0 Å². The predicted octanol–water partition coefficient (Wildman–Crippen LogP) is 2.25. The lowest BCUT2D eigenvalue weighted by atomic mass is 10.2. The van der Waals surface area contributed by atoms with E-state index in [4.69, 9.17) is 9.84 Å². The zero-order valence-electron chi connectivity index (χ0n) is 9.14. The summed E-state index contributed by atoms with van der Waals surface area (Å²) < 4.78 is 6.24. The van der Waals surface area contributed by atoms with E-state index in [1.165, 1.54) is 0 Å². The summed E-state index contributed by atoms with van der Waals surface area (Å²) in [5.41, 5.74) is 0.968. The fourth-order valence-electron chi connectivity index (χ4n) is 1.70. The van der Waals surface area contributed by atoms with Gasteiger partial charge in [0.05, 0.1) is 12.5 Å². The van der Waals surface area contributed by atoms with Gasteiger partial charge in [0.15, 0.2) is 0 Å². The molecule has 1 aromatic rings. The van der Waals surface area contributed by atoms with Crippen molar-refractivity contribution < 1.29 is 14.6 Å². The Morgan fingerprint density at radius 3 is 3.00 bits per heavy atom. The monoisotopic (exact) mass is 317 g/mol. The molecule has 1 heterocycles. The Bertz CT molecular complexity index is 441. The molecule has 4 nitrogen and oxygen atoms in total. The first-order valence-corrected chi connectivity index (χ1v) is 6.90. The second-order valence-corrected chi connectivity index (χ2v) is 5.71. The quantitative estimate of drug-likeness (QED) is 0.895. The third-order valence-electron chi connectivity index (χ3n) is 2.55. The molecule has 1 unspecified atom stereocenters. The molecule has 1 aliphatic rings. The van der Waals surface area contributed by atoms with Gasteiger partial charge >= 0.3 is 5.97 Å². The fraction of sp³-hybridized carbons (Fsp3) is 0.364. The molecule has 0 bridgehead atoms. The van der Waals surface area contributed by atoms with Gasteiger partial charge in [-0.15, -0.1) is 11.8 Å². The van der Waals surface area contributed by atoms with Crippen molar-refractivity contribution in [3.63, 3.8) is 0 Å². The minimum Gasteiger partial charge on any atom is -0.496 e. The Labute approximate surface area is 112 Å². The van der Waals surface area contributed by atoms with E-state index in [0.717, 1.165) is 15.8 Å². The van der Waals surface area contributed by atoms with Crippen molar-refractivity contribution in [2.75, 3.05) is 12.9 Å². The molecule has 1 saturated heterocycles. The number of benzene rings is 1. The smallest absolute Gasteiger partial charge is 0.321 e. The largest absolute Gasteiger partial charge is 0.496 e. The second-order valence-electron chi connectivity index (χ2n) is 3.66. The van der Waals surface area contributed by atoms with Gasteiger partial charge in [-0.25, -0.2) is 0 Å². The highest BCUT2D eigenvalue weighted by molar-refractivity contribution is 9.10. The topological polar surface area (TPSA) is 58.6 Å². The minimum absolute atomic E-state index is 0.0384. The maximum atomic E-state index is 10.9. The van der Waals surface area contributed by atoms with E-state index in [1.54, 1.807) is 18.9 Å². The molecule has 2 rings (SSSR count). The standard InChI is InChI=1S/C11H12BrNO3S/c1-16-9-3-2-6(12)4-7(9)10-13-8(5-17-10)11(14)15/h2-4,8,10,13H,5H2,1H3,(H,14,15)/t8-,10?/m1/s1. The van der Waals surface area contributed by atoms with E-state index in [2.05, 4.69) is 21.2 Å². The van der Waals surface area contributed by atoms with E-state index >= 15 is 0 Å². The zero-order valence-corrected chi connectivity index (χ0v) is 11.5. The van der Waals surface area contributed by atoms with E-state index in [0.29, 0.717) is 5.75 Å². The van der Waals surface area contributed by atoms with Gasteiger partial charge in [0.1, 0.15) is 11.8 Å². The average Bonchev–Trinajstić information content (AvgIpc) is 2.78. The van der Waals surface area contributed by atoms with Gasteiger partial charge in [-0.1, -0.05) is 15.9 Å². The van der Waals surface area contributed by atoms with Crippen molar-refractivity contribution in [1.82, 2.24) is 5.32 Å². The number of ether oxygens (including phenoxy) is 1. The first kappa shape index (κ1) is 12.7. The van der Waals surface area contributed by atoms with Crippen LogP contribution in [0.15, 0.2) is 22.7 Å². The maximum absolute atomic E-state index is 10.9. The van der Waals surface area contributed by atoms with Crippen molar-refractivity contribution in [3.8, 4) is 5.75 Å². The molecular weight excluding hydrogens is 306 g/mol. The number of hydrogen-bond donors (Lipinski definition) is 2. The molecule has 2 N–H and O–H groups in total. The molecule has 0 radical (unpaired) electrons. The van der Waals surface area contributed by atoms with E-state index in [1.807, 2.05) is 18.2 Å². The van der Waals surface area contributed by atoms with Crippen LogP contribution in [-0.2, 0) is 4.79 Å². The second kappa shape index (κ2) is 5.29. The Hall–Kier alpha value is -0.720.